The Labute approximate surface area is 137 Å². The van der Waals surface area contributed by atoms with E-state index in [1.807, 2.05) is 12.1 Å². The van der Waals surface area contributed by atoms with Crippen molar-refractivity contribution in [1.82, 2.24) is 0 Å². The second-order valence-corrected chi connectivity index (χ2v) is 6.70. The van der Waals surface area contributed by atoms with Crippen molar-refractivity contribution in [2.75, 3.05) is 6.61 Å². The van der Waals surface area contributed by atoms with Gasteiger partial charge in [0.15, 0.2) is 0 Å². The first-order valence-electron chi connectivity index (χ1n) is 6.58. The van der Waals surface area contributed by atoms with E-state index in [4.69, 9.17) is 22.1 Å². The Bertz CT molecular complexity index is 627. The summed E-state index contributed by atoms with van der Waals surface area (Å²) in [5.41, 5.74) is 9.76. The van der Waals surface area contributed by atoms with E-state index in [9.17, 15) is 0 Å². The molecule has 3 rings (SSSR count). The molecule has 0 saturated heterocycles. The maximum Gasteiger partial charge on any atom is 0.125 e. The summed E-state index contributed by atoms with van der Waals surface area (Å²) in [7, 11) is 0. The molecule has 0 aromatic heterocycles. The van der Waals surface area contributed by atoms with Crippen molar-refractivity contribution in [2.45, 2.75) is 18.9 Å². The second kappa shape index (κ2) is 5.92. The summed E-state index contributed by atoms with van der Waals surface area (Å²) in [6.07, 6.45) is 1.67. The lowest BCUT2D eigenvalue weighted by Gasteiger charge is -2.15. The Kier molecular flexibility index (Phi) is 4.19. The maximum atomic E-state index is 6.32. The van der Waals surface area contributed by atoms with Crippen LogP contribution in [0.3, 0.4) is 0 Å². The SMILES string of the molecule is NC(Cc1cc(Cl)cc2c1OCC2)c1ccc(I)cc1. The molecule has 2 N–H and O–H groups in total. The van der Waals surface area contributed by atoms with Gasteiger partial charge in [-0.05, 0) is 70.0 Å². The van der Waals surface area contributed by atoms with Gasteiger partial charge in [0.2, 0.25) is 0 Å². The van der Waals surface area contributed by atoms with Gasteiger partial charge in [0.05, 0.1) is 6.61 Å². The lowest BCUT2D eigenvalue weighted by Crippen LogP contribution is -2.13. The number of nitrogens with two attached hydrogens (primary N) is 1. The van der Waals surface area contributed by atoms with Crippen molar-refractivity contribution < 1.29 is 4.74 Å². The van der Waals surface area contributed by atoms with Gasteiger partial charge in [0.25, 0.3) is 0 Å². The Balaban J connectivity index is 1.86. The van der Waals surface area contributed by atoms with Crippen molar-refractivity contribution in [3.8, 4) is 5.75 Å². The fourth-order valence-electron chi connectivity index (χ4n) is 2.56. The Morgan fingerprint density at radius 1 is 1.25 bits per heavy atom. The maximum absolute atomic E-state index is 6.32. The highest BCUT2D eigenvalue weighted by molar-refractivity contribution is 14.1. The van der Waals surface area contributed by atoms with E-state index < -0.39 is 0 Å². The Morgan fingerprint density at radius 2 is 2.00 bits per heavy atom. The van der Waals surface area contributed by atoms with Gasteiger partial charge in [-0.2, -0.15) is 0 Å². The molecule has 1 unspecified atom stereocenters. The highest BCUT2D eigenvalue weighted by Crippen LogP contribution is 2.34. The van der Waals surface area contributed by atoms with Crippen LogP contribution in [-0.2, 0) is 12.8 Å². The minimum atomic E-state index is -0.0428. The van der Waals surface area contributed by atoms with Crippen LogP contribution in [0.5, 0.6) is 5.75 Å². The lowest BCUT2D eigenvalue weighted by molar-refractivity contribution is 0.352. The third-order valence-corrected chi connectivity index (χ3v) is 4.50. The summed E-state index contributed by atoms with van der Waals surface area (Å²) in [5.74, 6) is 0.982. The summed E-state index contributed by atoms with van der Waals surface area (Å²) in [4.78, 5) is 0. The van der Waals surface area contributed by atoms with Crippen LogP contribution in [0.25, 0.3) is 0 Å². The molecule has 2 nitrogen and oxygen atoms in total. The fraction of sp³-hybridized carbons (Fsp3) is 0.250. The van der Waals surface area contributed by atoms with E-state index in [1.165, 1.54) is 9.13 Å². The molecule has 2 aromatic carbocycles. The average Bonchev–Trinajstić information content (AvgIpc) is 2.87. The van der Waals surface area contributed by atoms with Gasteiger partial charge in [-0.1, -0.05) is 23.7 Å². The van der Waals surface area contributed by atoms with Crippen molar-refractivity contribution >= 4 is 34.2 Å². The zero-order valence-electron chi connectivity index (χ0n) is 10.9. The first-order valence-corrected chi connectivity index (χ1v) is 8.04. The zero-order chi connectivity index (χ0) is 14.1. The van der Waals surface area contributed by atoms with Crippen LogP contribution in [0.4, 0.5) is 0 Å². The van der Waals surface area contributed by atoms with Gasteiger partial charge in [0, 0.05) is 21.1 Å². The normalized spacial score (nSPS) is 14.8. The lowest BCUT2D eigenvalue weighted by atomic mass is 9.97. The first-order chi connectivity index (χ1) is 9.63. The van der Waals surface area contributed by atoms with Crippen LogP contribution in [0, 0.1) is 3.57 Å². The highest BCUT2D eigenvalue weighted by atomic mass is 127. The largest absolute Gasteiger partial charge is 0.493 e. The minimum absolute atomic E-state index is 0.0428. The zero-order valence-corrected chi connectivity index (χ0v) is 13.8. The van der Waals surface area contributed by atoms with Crippen molar-refractivity contribution in [3.63, 3.8) is 0 Å². The van der Waals surface area contributed by atoms with Crippen LogP contribution >= 0.6 is 34.2 Å². The van der Waals surface area contributed by atoms with E-state index in [0.717, 1.165) is 41.3 Å². The number of ether oxygens (including phenoxy) is 1. The molecule has 2 aromatic rings. The number of hydrogen-bond acceptors (Lipinski definition) is 2. The van der Waals surface area contributed by atoms with Gasteiger partial charge >= 0.3 is 0 Å². The van der Waals surface area contributed by atoms with Crippen LogP contribution in [0.2, 0.25) is 5.02 Å². The van der Waals surface area contributed by atoms with E-state index >= 15 is 0 Å². The number of fused-ring (bicyclic) bond motifs is 1. The van der Waals surface area contributed by atoms with Gasteiger partial charge in [-0.25, -0.2) is 0 Å². The minimum Gasteiger partial charge on any atom is -0.493 e. The molecule has 1 atom stereocenters. The molecule has 0 bridgehead atoms. The standard InChI is InChI=1S/C16H15ClINO/c17-13-7-11-5-6-20-16(11)12(8-13)9-15(19)10-1-3-14(18)4-2-10/h1-4,7-8,15H,5-6,9,19H2. The van der Waals surface area contributed by atoms with Crippen LogP contribution in [-0.4, -0.2) is 6.61 Å². The number of halogens is 2. The number of rotatable bonds is 3. The van der Waals surface area contributed by atoms with Crippen molar-refractivity contribution in [2.24, 2.45) is 5.73 Å². The molecule has 0 aliphatic carbocycles. The van der Waals surface area contributed by atoms with Gasteiger partial charge in [0.1, 0.15) is 5.75 Å². The molecular formula is C16H15ClINO. The molecule has 4 heteroatoms. The fourth-order valence-corrected chi connectivity index (χ4v) is 3.19. The second-order valence-electron chi connectivity index (χ2n) is 5.01. The highest BCUT2D eigenvalue weighted by Gasteiger charge is 2.19. The van der Waals surface area contributed by atoms with Crippen molar-refractivity contribution in [3.05, 3.63) is 61.7 Å². The number of hydrogen-bond donors (Lipinski definition) is 1. The van der Waals surface area contributed by atoms with Gasteiger partial charge in [-0.3, -0.25) is 0 Å². The quantitative estimate of drug-likeness (QED) is 0.788. The summed E-state index contributed by atoms with van der Waals surface area (Å²) in [6, 6.07) is 12.2. The first kappa shape index (κ1) is 14.2. The molecule has 0 radical (unpaired) electrons. The molecule has 20 heavy (non-hydrogen) atoms. The van der Waals surface area contributed by atoms with Gasteiger partial charge in [-0.15, -0.1) is 0 Å². The van der Waals surface area contributed by atoms with E-state index in [-0.39, 0.29) is 6.04 Å². The number of benzene rings is 2. The van der Waals surface area contributed by atoms with Crippen LogP contribution in [0.1, 0.15) is 22.7 Å². The summed E-state index contributed by atoms with van der Waals surface area (Å²) >= 11 is 8.47. The summed E-state index contributed by atoms with van der Waals surface area (Å²) in [6.45, 7) is 0.738. The predicted molar refractivity (Wildman–Crippen MR) is 90.4 cm³/mol. The predicted octanol–water partition coefficient (Wildman–Crippen LogP) is 4.12. The van der Waals surface area contributed by atoms with E-state index in [0.29, 0.717) is 0 Å². The van der Waals surface area contributed by atoms with Crippen molar-refractivity contribution in [1.29, 1.82) is 0 Å². The summed E-state index contributed by atoms with van der Waals surface area (Å²) in [5, 5.41) is 0.763. The van der Waals surface area contributed by atoms with Gasteiger partial charge < -0.3 is 10.5 Å². The summed E-state index contributed by atoms with van der Waals surface area (Å²) < 4.78 is 6.94. The molecule has 0 amide bonds. The monoisotopic (exact) mass is 399 g/mol. The third-order valence-electron chi connectivity index (χ3n) is 3.56. The smallest absolute Gasteiger partial charge is 0.125 e. The molecule has 0 spiro atoms. The Hall–Kier alpha value is -0.780. The molecule has 1 aliphatic heterocycles. The van der Waals surface area contributed by atoms with E-state index in [1.54, 1.807) is 0 Å². The Morgan fingerprint density at radius 3 is 2.75 bits per heavy atom. The van der Waals surface area contributed by atoms with Crippen LogP contribution < -0.4 is 10.5 Å². The molecule has 104 valence electrons. The average molecular weight is 400 g/mol. The molecule has 0 saturated carbocycles. The molecule has 1 heterocycles. The molecule has 0 fully saturated rings. The topological polar surface area (TPSA) is 35.2 Å². The third kappa shape index (κ3) is 2.95. The molecular weight excluding hydrogens is 385 g/mol. The van der Waals surface area contributed by atoms with E-state index in [2.05, 4.69) is 46.9 Å². The van der Waals surface area contributed by atoms with Crippen LogP contribution in [0.15, 0.2) is 36.4 Å². The molecule has 1 aliphatic rings.